The van der Waals surface area contributed by atoms with Gasteiger partial charge in [-0.25, -0.2) is 9.59 Å². The highest BCUT2D eigenvalue weighted by molar-refractivity contribution is 5.77. The smallest absolute Gasteiger partial charge is 0.321 e. The van der Waals surface area contributed by atoms with E-state index >= 15 is 0 Å². The van der Waals surface area contributed by atoms with Crippen LogP contribution in [0.4, 0.5) is 9.59 Å². The van der Waals surface area contributed by atoms with E-state index in [0.29, 0.717) is 50.8 Å². The third-order valence-corrected chi connectivity index (χ3v) is 8.31. The number of nitrogens with zero attached hydrogens (tertiary/aromatic N) is 3. The van der Waals surface area contributed by atoms with Crippen molar-refractivity contribution in [1.29, 1.82) is 0 Å². The number of allylic oxidation sites excluding steroid dienone is 3. The molecular formula is C32H50N4O5. The van der Waals surface area contributed by atoms with E-state index in [0.717, 1.165) is 60.4 Å². The number of fused-ring (bicyclic) bond motifs is 2. The number of carbonyl (C=O) groups excluding carboxylic acids is 2. The van der Waals surface area contributed by atoms with Gasteiger partial charge < -0.3 is 34.2 Å². The number of rotatable bonds is 5. The second kappa shape index (κ2) is 14.0. The van der Waals surface area contributed by atoms with Crippen LogP contribution in [0.15, 0.2) is 35.7 Å². The largest absolute Gasteiger partial charge is 0.497 e. The number of carbonyl (C=O) groups is 2. The van der Waals surface area contributed by atoms with Crippen molar-refractivity contribution in [1.82, 2.24) is 20.0 Å². The van der Waals surface area contributed by atoms with Gasteiger partial charge in [-0.3, -0.25) is 0 Å². The van der Waals surface area contributed by atoms with Crippen molar-refractivity contribution in [2.45, 2.75) is 71.9 Å². The molecule has 2 aliphatic heterocycles. The molecule has 3 atom stereocenters. The van der Waals surface area contributed by atoms with Crippen LogP contribution in [-0.4, -0.2) is 80.3 Å². The predicted molar refractivity (Wildman–Crippen MR) is 162 cm³/mol. The van der Waals surface area contributed by atoms with Crippen molar-refractivity contribution in [3.63, 3.8) is 0 Å². The summed E-state index contributed by atoms with van der Waals surface area (Å²) < 4.78 is 17.2. The second-order valence-corrected chi connectivity index (χ2v) is 11.4. The minimum atomic E-state index is -0.0691. The third kappa shape index (κ3) is 7.49. The Morgan fingerprint density at radius 1 is 1.15 bits per heavy atom. The summed E-state index contributed by atoms with van der Waals surface area (Å²) in [4.78, 5) is 32.5. The van der Waals surface area contributed by atoms with Crippen LogP contribution in [0, 0.1) is 11.8 Å². The van der Waals surface area contributed by atoms with E-state index < -0.39 is 0 Å². The molecule has 1 aromatic carbocycles. The lowest BCUT2D eigenvalue weighted by Gasteiger charge is -2.30. The van der Waals surface area contributed by atoms with E-state index in [4.69, 9.17) is 14.2 Å². The maximum atomic E-state index is 13.5. The van der Waals surface area contributed by atoms with E-state index in [2.05, 4.69) is 31.3 Å². The monoisotopic (exact) mass is 570 g/mol. The van der Waals surface area contributed by atoms with Crippen molar-refractivity contribution in [3.8, 4) is 11.5 Å². The molecule has 1 N–H and O–H groups in total. The Kier molecular flexibility index (Phi) is 10.5. The van der Waals surface area contributed by atoms with Crippen molar-refractivity contribution >= 4 is 12.1 Å². The molecule has 1 saturated carbocycles. The van der Waals surface area contributed by atoms with Crippen LogP contribution in [0.1, 0.15) is 65.4 Å². The number of amides is 4. The normalized spacial score (nSPS) is 24.7. The van der Waals surface area contributed by atoms with E-state index in [1.165, 1.54) is 0 Å². The molecule has 3 aliphatic rings. The molecule has 0 saturated heterocycles. The van der Waals surface area contributed by atoms with Crippen molar-refractivity contribution in [2.75, 3.05) is 47.4 Å². The van der Waals surface area contributed by atoms with Crippen LogP contribution in [0.3, 0.4) is 0 Å². The molecule has 9 nitrogen and oxygen atoms in total. The topological polar surface area (TPSA) is 83.6 Å². The SMILES string of the molecule is CCC1=C(NC(=O)N2CCC/C=C/[C@H](C)Cc3c(cc(OC)cc3OC)CN(C)C(=O)N(CC)CCC2)C2CC2O1.[HH]. The molecule has 0 spiro atoms. The molecule has 41 heavy (non-hydrogen) atoms. The Labute approximate surface area is 247 Å². The summed E-state index contributed by atoms with van der Waals surface area (Å²) in [6.07, 6.45) is 9.73. The van der Waals surface area contributed by atoms with Crippen molar-refractivity contribution < 1.29 is 25.2 Å². The highest BCUT2D eigenvalue weighted by Crippen LogP contribution is 2.48. The lowest BCUT2D eigenvalue weighted by Crippen LogP contribution is -2.44. The molecule has 2 heterocycles. The number of hydrogen-bond acceptors (Lipinski definition) is 5. The molecule has 1 aromatic rings. The Balaban J connectivity index is 0.00000484. The minimum absolute atomic E-state index is 0. The van der Waals surface area contributed by atoms with Crippen LogP contribution in [-0.2, 0) is 17.7 Å². The molecule has 228 valence electrons. The lowest BCUT2D eigenvalue weighted by molar-refractivity contribution is 0.159. The highest BCUT2D eigenvalue weighted by atomic mass is 16.5. The Morgan fingerprint density at radius 2 is 1.93 bits per heavy atom. The zero-order valence-electron chi connectivity index (χ0n) is 25.7. The number of nitrogens with one attached hydrogen (secondary N) is 1. The first-order chi connectivity index (χ1) is 19.8. The average Bonchev–Trinajstić information content (AvgIpc) is 3.66. The number of hydrogen-bond donors (Lipinski definition) is 1. The van der Waals surface area contributed by atoms with Gasteiger partial charge in [-0.05, 0) is 62.1 Å². The van der Waals surface area contributed by atoms with Gasteiger partial charge in [0, 0.05) is 59.6 Å². The molecule has 1 fully saturated rings. The van der Waals surface area contributed by atoms with Gasteiger partial charge in [0.1, 0.15) is 23.4 Å². The Morgan fingerprint density at radius 3 is 2.63 bits per heavy atom. The van der Waals surface area contributed by atoms with Gasteiger partial charge in [-0.1, -0.05) is 26.0 Å². The predicted octanol–water partition coefficient (Wildman–Crippen LogP) is 5.79. The maximum absolute atomic E-state index is 13.5. The number of benzene rings is 1. The standard InChI is InChI=1S/C32H48N4O5.H2/c1-7-27-30(26-20-29(26)41-27)33-31(37)36-14-11-9-10-13-22(3)17-25-23(18-24(39-5)19-28(25)40-6)21-34(4)32(38)35(8-2)15-12-16-36;/h10,13,18-19,22,26,29H,7-9,11-12,14-17,20-21H2,1-6H3,(H,33,37);1H/b13-10+;/t22-,26?,29?;/m0./s1. The number of methoxy groups -OCH3 is 2. The first-order valence-electron chi connectivity index (χ1n) is 15.2. The summed E-state index contributed by atoms with van der Waals surface area (Å²) in [5.41, 5.74) is 3.09. The fourth-order valence-electron chi connectivity index (χ4n) is 5.88. The summed E-state index contributed by atoms with van der Waals surface area (Å²) in [5, 5.41) is 3.19. The molecule has 9 heteroatoms. The second-order valence-electron chi connectivity index (χ2n) is 11.4. The summed E-state index contributed by atoms with van der Waals surface area (Å²) in [5.74, 6) is 3.01. The van der Waals surface area contributed by atoms with Crippen LogP contribution in [0.5, 0.6) is 11.5 Å². The van der Waals surface area contributed by atoms with E-state index in [1.807, 2.05) is 35.9 Å². The lowest BCUT2D eigenvalue weighted by atomic mass is 9.94. The number of ether oxygens (including phenoxy) is 3. The summed E-state index contributed by atoms with van der Waals surface area (Å²) in [6, 6.07) is 3.82. The zero-order valence-corrected chi connectivity index (χ0v) is 25.7. The zero-order chi connectivity index (χ0) is 29.5. The van der Waals surface area contributed by atoms with Crippen LogP contribution >= 0.6 is 0 Å². The first-order valence-corrected chi connectivity index (χ1v) is 15.2. The van der Waals surface area contributed by atoms with Crippen molar-refractivity contribution in [2.24, 2.45) is 11.8 Å². The van der Waals surface area contributed by atoms with E-state index in [-0.39, 0.29) is 25.5 Å². The van der Waals surface area contributed by atoms with Crippen LogP contribution < -0.4 is 14.8 Å². The molecular weight excluding hydrogens is 520 g/mol. The average molecular weight is 571 g/mol. The van der Waals surface area contributed by atoms with Gasteiger partial charge >= 0.3 is 12.1 Å². The minimum Gasteiger partial charge on any atom is -0.497 e. The van der Waals surface area contributed by atoms with Crippen LogP contribution in [0.2, 0.25) is 0 Å². The van der Waals surface area contributed by atoms with Crippen molar-refractivity contribution in [3.05, 3.63) is 46.9 Å². The molecule has 0 bridgehead atoms. The van der Waals surface area contributed by atoms with Gasteiger partial charge in [-0.2, -0.15) is 0 Å². The quantitative estimate of drug-likeness (QED) is 0.453. The molecule has 4 amide bonds. The molecule has 0 radical (unpaired) electrons. The van der Waals surface area contributed by atoms with Gasteiger partial charge in [0.15, 0.2) is 0 Å². The van der Waals surface area contributed by atoms with Gasteiger partial charge in [0.2, 0.25) is 0 Å². The summed E-state index contributed by atoms with van der Waals surface area (Å²) in [6.45, 7) is 9.11. The van der Waals surface area contributed by atoms with Gasteiger partial charge in [0.05, 0.1) is 19.9 Å². The fourth-order valence-corrected chi connectivity index (χ4v) is 5.88. The van der Waals surface area contributed by atoms with Gasteiger partial charge in [-0.15, -0.1) is 0 Å². The molecule has 0 aromatic heterocycles. The summed E-state index contributed by atoms with van der Waals surface area (Å²) in [7, 11) is 5.16. The van der Waals surface area contributed by atoms with Gasteiger partial charge in [0.25, 0.3) is 0 Å². The third-order valence-electron chi connectivity index (χ3n) is 8.31. The molecule has 2 unspecified atom stereocenters. The van der Waals surface area contributed by atoms with E-state index in [9.17, 15) is 9.59 Å². The van der Waals surface area contributed by atoms with Crippen LogP contribution in [0.25, 0.3) is 0 Å². The maximum Gasteiger partial charge on any atom is 0.321 e. The van der Waals surface area contributed by atoms with E-state index in [1.54, 1.807) is 19.1 Å². The molecule has 4 rings (SSSR count). The molecule has 1 aliphatic carbocycles. The Hall–Kier alpha value is -3.36. The fraction of sp³-hybridized carbons (Fsp3) is 0.625. The Bertz CT molecular complexity index is 1160. The first kappa shape index (κ1) is 30.6. The summed E-state index contributed by atoms with van der Waals surface area (Å²) >= 11 is 0. The highest BCUT2D eigenvalue weighted by Gasteiger charge is 2.50. The number of urea groups is 2.